The third kappa shape index (κ3) is 4.20. The number of anilines is 1. The zero-order valence-electron chi connectivity index (χ0n) is 15.3. The molecule has 1 N–H and O–H groups in total. The van der Waals surface area contributed by atoms with Crippen molar-refractivity contribution >= 4 is 16.0 Å². The highest BCUT2D eigenvalue weighted by Crippen LogP contribution is 2.20. The van der Waals surface area contributed by atoms with Gasteiger partial charge in [-0.2, -0.15) is 0 Å². The Bertz CT molecular complexity index is 893. The van der Waals surface area contributed by atoms with Crippen molar-refractivity contribution in [1.29, 1.82) is 0 Å². The number of aryl methyl sites for hydroxylation is 3. The first-order valence-electron chi connectivity index (χ1n) is 8.59. The van der Waals surface area contributed by atoms with Crippen molar-refractivity contribution in [3.63, 3.8) is 0 Å². The average molecular weight is 376 g/mol. The molecule has 0 atom stereocenters. The van der Waals surface area contributed by atoms with Crippen LogP contribution in [-0.2, 0) is 21.3 Å². The summed E-state index contributed by atoms with van der Waals surface area (Å²) >= 11 is 0. The lowest BCUT2D eigenvalue weighted by molar-refractivity contribution is 0.122. The second-order valence-electron chi connectivity index (χ2n) is 6.47. The van der Waals surface area contributed by atoms with Crippen LogP contribution in [0, 0.1) is 20.8 Å². The highest BCUT2D eigenvalue weighted by atomic mass is 32.2. The van der Waals surface area contributed by atoms with Crippen molar-refractivity contribution in [1.82, 2.24) is 14.7 Å². The summed E-state index contributed by atoms with van der Waals surface area (Å²) in [6.07, 6.45) is 1.66. The number of nitrogens with zero attached hydrogens (tertiary/aromatic N) is 3. The number of hydrogen-bond acceptors (Lipinski definition) is 6. The molecule has 3 rings (SSSR count). The van der Waals surface area contributed by atoms with Gasteiger partial charge in [-0.05, 0) is 49.6 Å². The number of aromatic nitrogens is 2. The van der Waals surface area contributed by atoms with E-state index in [4.69, 9.17) is 4.74 Å². The van der Waals surface area contributed by atoms with E-state index in [1.807, 2.05) is 31.7 Å². The Morgan fingerprint density at radius 2 is 1.81 bits per heavy atom. The first kappa shape index (κ1) is 18.8. The van der Waals surface area contributed by atoms with Crippen LogP contribution in [0.3, 0.4) is 0 Å². The number of rotatable bonds is 5. The van der Waals surface area contributed by atoms with Crippen LogP contribution in [0.2, 0.25) is 0 Å². The normalized spacial score (nSPS) is 15.3. The van der Waals surface area contributed by atoms with Gasteiger partial charge in [-0.25, -0.2) is 23.1 Å². The standard InChI is InChI=1S/C18H24N4O3S/c1-13-10-15(3)17(11-14(13)2)26(23,24)20-12-16-4-5-19-18(21-16)22-6-8-25-9-7-22/h4-5,10-11,20H,6-9,12H2,1-3H3. The summed E-state index contributed by atoms with van der Waals surface area (Å²) in [4.78, 5) is 11.1. The van der Waals surface area contributed by atoms with Crippen LogP contribution < -0.4 is 9.62 Å². The van der Waals surface area contributed by atoms with Gasteiger partial charge in [0.2, 0.25) is 16.0 Å². The summed E-state index contributed by atoms with van der Waals surface area (Å²) in [6, 6.07) is 5.33. The molecule has 1 aromatic heterocycles. The SMILES string of the molecule is Cc1cc(C)c(S(=O)(=O)NCc2ccnc(N3CCOCC3)n2)cc1C. The van der Waals surface area contributed by atoms with E-state index in [-0.39, 0.29) is 6.54 Å². The summed E-state index contributed by atoms with van der Waals surface area (Å²) in [5.74, 6) is 0.604. The van der Waals surface area contributed by atoms with Gasteiger partial charge in [-0.3, -0.25) is 0 Å². The average Bonchev–Trinajstić information content (AvgIpc) is 2.64. The van der Waals surface area contributed by atoms with Crippen molar-refractivity contribution in [3.8, 4) is 0 Å². The summed E-state index contributed by atoms with van der Waals surface area (Å²) in [5, 5.41) is 0. The number of benzene rings is 1. The molecule has 2 aromatic rings. The maximum Gasteiger partial charge on any atom is 0.241 e. The molecule has 0 amide bonds. The molecule has 1 saturated heterocycles. The largest absolute Gasteiger partial charge is 0.378 e. The minimum atomic E-state index is -3.61. The molecule has 0 bridgehead atoms. The van der Waals surface area contributed by atoms with Crippen molar-refractivity contribution in [3.05, 3.63) is 46.8 Å². The maximum absolute atomic E-state index is 12.7. The van der Waals surface area contributed by atoms with Crippen molar-refractivity contribution in [2.45, 2.75) is 32.2 Å². The maximum atomic E-state index is 12.7. The molecule has 0 unspecified atom stereocenters. The van der Waals surface area contributed by atoms with Crippen molar-refractivity contribution < 1.29 is 13.2 Å². The third-order valence-corrected chi connectivity index (χ3v) is 6.06. The Kier molecular flexibility index (Phi) is 5.55. The predicted octanol–water partition coefficient (Wildman–Crippen LogP) is 1.72. The van der Waals surface area contributed by atoms with E-state index >= 15 is 0 Å². The van der Waals surface area contributed by atoms with Gasteiger partial charge < -0.3 is 9.64 Å². The third-order valence-electron chi connectivity index (χ3n) is 4.52. The lowest BCUT2D eigenvalue weighted by atomic mass is 10.1. The first-order valence-corrected chi connectivity index (χ1v) is 10.1. The Labute approximate surface area is 154 Å². The van der Waals surface area contributed by atoms with Gasteiger partial charge in [0.25, 0.3) is 0 Å². The van der Waals surface area contributed by atoms with Gasteiger partial charge >= 0.3 is 0 Å². The molecule has 1 fully saturated rings. The van der Waals surface area contributed by atoms with E-state index < -0.39 is 10.0 Å². The summed E-state index contributed by atoms with van der Waals surface area (Å²) < 4.78 is 33.4. The fourth-order valence-corrected chi connectivity index (χ4v) is 4.18. The van der Waals surface area contributed by atoms with Crippen LogP contribution >= 0.6 is 0 Å². The van der Waals surface area contributed by atoms with Crippen LogP contribution in [0.4, 0.5) is 5.95 Å². The van der Waals surface area contributed by atoms with Gasteiger partial charge in [0.1, 0.15) is 0 Å². The molecule has 0 aliphatic carbocycles. The van der Waals surface area contributed by atoms with Crippen LogP contribution in [0.25, 0.3) is 0 Å². The molecule has 0 spiro atoms. The quantitative estimate of drug-likeness (QED) is 0.855. The van der Waals surface area contributed by atoms with E-state index in [9.17, 15) is 8.42 Å². The van der Waals surface area contributed by atoms with E-state index in [1.165, 1.54) is 0 Å². The fourth-order valence-electron chi connectivity index (χ4n) is 2.87. The molecular formula is C18H24N4O3S. The Hall–Kier alpha value is -2.03. The van der Waals surface area contributed by atoms with Crippen LogP contribution in [0.5, 0.6) is 0 Å². The molecule has 2 heterocycles. The van der Waals surface area contributed by atoms with Gasteiger partial charge in [-0.15, -0.1) is 0 Å². The molecular weight excluding hydrogens is 352 g/mol. The van der Waals surface area contributed by atoms with Crippen LogP contribution in [0.1, 0.15) is 22.4 Å². The van der Waals surface area contributed by atoms with E-state index in [0.717, 1.165) is 29.8 Å². The molecule has 1 aliphatic heterocycles. The molecule has 7 nitrogen and oxygen atoms in total. The van der Waals surface area contributed by atoms with Gasteiger partial charge in [-0.1, -0.05) is 6.07 Å². The molecule has 1 aromatic carbocycles. The molecule has 8 heteroatoms. The Morgan fingerprint density at radius 1 is 1.12 bits per heavy atom. The monoisotopic (exact) mass is 376 g/mol. The molecule has 1 aliphatic rings. The van der Waals surface area contributed by atoms with Crippen molar-refractivity contribution in [2.75, 3.05) is 31.2 Å². The summed E-state index contributed by atoms with van der Waals surface area (Å²) in [7, 11) is -3.61. The summed E-state index contributed by atoms with van der Waals surface area (Å²) in [6.45, 7) is 8.57. The second kappa shape index (κ2) is 7.69. The second-order valence-corrected chi connectivity index (χ2v) is 8.21. The molecule has 26 heavy (non-hydrogen) atoms. The fraction of sp³-hybridized carbons (Fsp3) is 0.444. The van der Waals surface area contributed by atoms with E-state index in [1.54, 1.807) is 18.3 Å². The lowest BCUT2D eigenvalue weighted by Crippen LogP contribution is -2.37. The topological polar surface area (TPSA) is 84.4 Å². The van der Waals surface area contributed by atoms with Gasteiger partial charge in [0.05, 0.1) is 30.3 Å². The van der Waals surface area contributed by atoms with E-state index in [2.05, 4.69) is 14.7 Å². The minimum absolute atomic E-state index is 0.120. The van der Waals surface area contributed by atoms with Crippen LogP contribution in [-0.4, -0.2) is 44.7 Å². The summed E-state index contributed by atoms with van der Waals surface area (Å²) in [5.41, 5.74) is 3.39. The highest BCUT2D eigenvalue weighted by molar-refractivity contribution is 7.89. The molecule has 140 valence electrons. The highest BCUT2D eigenvalue weighted by Gasteiger charge is 2.19. The van der Waals surface area contributed by atoms with E-state index in [0.29, 0.717) is 29.8 Å². The number of ether oxygens (including phenoxy) is 1. The first-order chi connectivity index (χ1) is 12.4. The lowest BCUT2D eigenvalue weighted by Gasteiger charge is -2.26. The number of morpholine rings is 1. The number of hydrogen-bond donors (Lipinski definition) is 1. The zero-order chi connectivity index (χ0) is 18.7. The number of sulfonamides is 1. The zero-order valence-corrected chi connectivity index (χ0v) is 16.1. The Balaban J connectivity index is 1.75. The van der Waals surface area contributed by atoms with Gasteiger partial charge in [0.15, 0.2) is 0 Å². The predicted molar refractivity (Wildman–Crippen MR) is 99.7 cm³/mol. The van der Waals surface area contributed by atoms with Crippen LogP contribution in [0.15, 0.2) is 29.3 Å². The smallest absolute Gasteiger partial charge is 0.241 e. The number of nitrogens with one attached hydrogen (secondary N) is 1. The van der Waals surface area contributed by atoms with Crippen molar-refractivity contribution in [2.24, 2.45) is 0 Å². The van der Waals surface area contributed by atoms with Gasteiger partial charge in [0, 0.05) is 19.3 Å². The Morgan fingerprint density at radius 3 is 2.54 bits per heavy atom. The minimum Gasteiger partial charge on any atom is -0.378 e. The molecule has 0 radical (unpaired) electrons. The molecule has 0 saturated carbocycles.